The van der Waals surface area contributed by atoms with Crippen molar-refractivity contribution in [3.05, 3.63) is 35.9 Å². The van der Waals surface area contributed by atoms with E-state index in [2.05, 4.69) is 15.6 Å². The summed E-state index contributed by atoms with van der Waals surface area (Å²) >= 11 is 0. The molecule has 1 aromatic carbocycles. The molecule has 9 nitrogen and oxygen atoms in total. The topological polar surface area (TPSA) is 143 Å². The van der Waals surface area contributed by atoms with Crippen molar-refractivity contribution in [2.45, 2.75) is 43.8 Å². The van der Waals surface area contributed by atoms with E-state index in [-0.39, 0.29) is 24.8 Å². The predicted molar refractivity (Wildman–Crippen MR) is 111 cm³/mol. The van der Waals surface area contributed by atoms with Crippen molar-refractivity contribution in [1.29, 1.82) is 0 Å². The van der Waals surface area contributed by atoms with Gasteiger partial charge in [-0.25, -0.2) is 0 Å². The lowest BCUT2D eigenvalue weighted by molar-refractivity contribution is -0.140. The number of amides is 2. The minimum Gasteiger partial charge on any atom is -0.370 e. The summed E-state index contributed by atoms with van der Waals surface area (Å²) in [4.78, 5) is 42.7. The molecule has 0 aromatic heterocycles. The molecular formula is C20H30N6O3. The third-order valence-corrected chi connectivity index (χ3v) is 4.88. The molecule has 2 amide bonds. The van der Waals surface area contributed by atoms with Gasteiger partial charge in [-0.15, -0.1) is 0 Å². The third-order valence-electron chi connectivity index (χ3n) is 4.88. The number of benzene rings is 1. The molecule has 1 aliphatic heterocycles. The van der Waals surface area contributed by atoms with Gasteiger partial charge in [-0.1, -0.05) is 30.3 Å². The molecule has 29 heavy (non-hydrogen) atoms. The molecule has 2 rings (SSSR count). The van der Waals surface area contributed by atoms with E-state index < -0.39 is 18.1 Å². The quantitative estimate of drug-likeness (QED) is 0.182. The summed E-state index contributed by atoms with van der Waals surface area (Å²) in [5.74, 6) is -0.616. The van der Waals surface area contributed by atoms with E-state index in [0.717, 1.165) is 5.56 Å². The Morgan fingerprint density at radius 3 is 2.79 bits per heavy atom. The van der Waals surface area contributed by atoms with Gasteiger partial charge >= 0.3 is 0 Å². The molecule has 0 aliphatic carbocycles. The Labute approximate surface area is 172 Å². The van der Waals surface area contributed by atoms with Crippen molar-refractivity contribution in [3.8, 4) is 0 Å². The van der Waals surface area contributed by atoms with Crippen molar-refractivity contribution in [2.75, 3.05) is 20.1 Å². The van der Waals surface area contributed by atoms with Crippen molar-refractivity contribution < 1.29 is 15.8 Å². The van der Waals surface area contributed by atoms with E-state index in [0.29, 0.717) is 45.1 Å². The molecule has 0 radical (unpaired) electrons. The van der Waals surface area contributed by atoms with Gasteiger partial charge in [0.25, 0.3) is 0 Å². The first-order valence-corrected chi connectivity index (χ1v) is 9.67. The molecule has 0 spiro atoms. The number of carbonyl (C=O) groups excluding carboxylic acids is 3. The van der Waals surface area contributed by atoms with Gasteiger partial charge in [0, 0.05) is 14.5 Å². The zero-order chi connectivity index (χ0) is 21.9. The van der Waals surface area contributed by atoms with E-state index >= 15 is 0 Å². The van der Waals surface area contributed by atoms with Gasteiger partial charge in [0.15, 0.2) is 5.96 Å². The van der Waals surface area contributed by atoms with Crippen LogP contribution >= 0.6 is 0 Å². The van der Waals surface area contributed by atoms with Crippen LogP contribution < -0.4 is 22.1 Å². The van der Waals surface area contributed by atoms with Crippen LogP contribution in [0.2, 0.25) is 0 Å². The van der Waals surface area contributed by atoms with Crippen molar-refractivity contribution in [3.63, 3.8) is 0 Å². The lowest BCUT2D eigenvalue weighted by Gasteiger charge is -2.29. The normalized spacial score (nSPS) is 18.4. The number of guanidine groups is 1. The average molecular weight is 404 g/mol. The van der Waals surface area contributed by atoms with Crippen LogP contribution in [0, 0.1) is 0 Å². The van der Waals surface area contributed by atoms with Crippen LogP contribution in [0.1, 0.15) is 38.7 Å². The van der Waals surface area contributed by atoms with Gasteiger partial charge in [0.05, 0.1) is 6.04 Å². The van der Waals surface area contributed by atoms with Gasteiger partial charge in [-0.05, 0) is 38.3 Å². The maximum Gasteiger partial charge on any atom is 0.244 e. The van der Waals surface area contributed by atoms with Crippen LogP contribution in [-0.4, -0.2) is 61.2 Å². The number of likely N-dealkylation sites (N-methyl/N-ethyl adjacent to an activating group) is 1. The van der Waals surface area contributed by atoms with Crippen LogP contribution in [0.25, 0.3) is 0 Å². The summed E-state index contributed by atoms with van der Waals surface area (Å²) in [7, 11) is -0.126. The van der Waals surface area contributed by atoms with Gasteiger partial charge < -0.3 is 31.8 Å². The largest absolute Gasteiger partial charge is 0.370 e. The van der Waals surface area contributed by atoms with Crippen LogP contribution in [0.5, 0.6) is 0 Å². The molecule has 3 atom stereocenters. The monoisotopic (exact) mass is 403 g/mol. The Morgan fingerprint density at radius 1 is 1.38 bits per heavy atom. The molecule has 6 N–H and O–H groups in total. The molecule has 158 valence electrons. The molecule has 0 bridgehead atoms. The number of aldehydes is 1. The summed E-state index contributed by atoms with van der Waals surface area (Å²) in [6.45, 7) is 0.824. The van der Waals surface area contributed by atoms with E-state index in [4.69, 9.17) is 12.8 Å². The van der Waals surface area contributed by atoms with Crippen LogP contribution in [0.15, 0.2) is 35.3 Å². The molecule has 1 aliphatic rings. The summed E-state index contributed by atoms with van der Waals surface area (Å²) in [5.41, 5.74) is 11.3. The Hall–Kier alpha value is -2.94. The highest BCUT2D eigenvalue weighted by Crippen LogP contribution is 2.23. The summed E-state index contributed by atoms with van der Waals surface area (Å²) < 4.78 is 7.48. The zero-order valence-corrected chi connectivity index (χ0v) is 16.4. The Balaban J connectivity index is 2.02. The fourth-order valence-electron chi connectivity index (χ4n) is 3.43. The van der Waals surface area contributed by atoms with E-state index in [1.54, 1.807) is 0 Å². The van der Waals surface area contributed by atoms with E-state index in [1.165, 1.54) is 4.90 Å². The van der Waals surface area contributed by atoms with Gasteiger partial charge in [0.2, 0.25) is 11.8 Å². The van der Waals surface area contributed by atoms with Gasteiger partial charge in [-0.2, -0.15) is 0 Å². The molecule has 1 unspecified atom stereocenters. The first kappa shape index (κ1) is 20.8. The number of carbonyl (C=O) groups is 3. The Morgan fingerprint density at radius 2 is 2.14 bits per heavy atom. The maximum absolute atomic E-state index is 13.2. The summed E-state index contributed by atoms with van der Waals surface area (Å²) in [6.07, 6.45) is 2.85. The van der Waals surface area contributed by atoms with Gasteiger partial charge in [0.1, 0.15) is 18.4 Å². The second kappa shape index (κ2) is 11.2. The van der Waals surface area contributed by atoms with E-state index in [9.17, 15) is 14.4 Å². The fraction of sp³-hybridized carbons (Fsp3) is 0.500. The highest BCUT2D eigenvalue weighted by atomic mass is 16.2. The lowest BCUT2D eigenvalue weighted by Crippen LogP contribution is -2.51. The Bertz CT molecular complexity index is 741. The van der Waals surface area contributed by atoms with Crippen molar-refractivity contribution >= 4 is 24.1 Å². The Kier molecular flexibility index (Phi) is 8.00. The highest BCUT2D eigenvalue weighted by Gasteiger charge is 2.37. The average Bonchev–Trinajstić information content (AvgIpc) is 3.24. The first-order valence-electron chi connectivity index (χ1n) is 10.4. The van der Waals surface area contributed by atoms with Crippen LogP contribution in [0.3, 0.4) is 0 Å². The number of rotatable bonds is 10. The van der Waals surface area contributed by atoms with Crippen molar-refractivity contribution in [1.82, 2.24) is 15.5 Å². The SMILES string of the molecule is [2H]CNC(C(=O)N1CCC[C@H]1C(=O)N[C@H](C=O)CCCN=C(N)N)c1ccccc1. The maximum atomic E-state index is 13.2. The van der Waals surface area contributed by atoms with Crippen molar-refractivity contribution in [2.24, 2.45) is 16.5 Å². The number of hydrogen-bond acceptors (Lipinski definition) is 5. The van der Waals surface area contributed by atoms with Crippen LogP contribution in [0.4, 0.5) is 0 Å². The number of aliphatic imine (C=N–C) groups is 1. The standard InChI is InChI=1S/C20H30N6O3/c1-23-17(14-7-3-2-4-8-14)19(29)26-12-6-10-16(26)18(28)25-15(13-27)9-5-11-24-20(21)22/h2-4,7-8,13,15-17,23H,5-6,9-12H2,1H3,(H,25,28)(H4,21,22,24)/t15-,16-,17?/m0/s1/i1D. The molecule has 1 saturated heterocycles. The third kappa shape index (κ3) is 6.28. The molecule has 1 heterocycles. The minimum absolute atomic E-state index is 0.0175. The number of nitrogens with one attached hydrogen (secondary N) is 2. The second-order valence-electron chi connectivity index (χ2n) is 6.94. The minimum atomic E-state index is -0.696. The smallest absolute Gasteiger partial charge is 0.244 e. The number of likely N-dealkylation sites (tertiary alicyclic amines) is 1. The predicted octanol–water partition coefficient (Wildman–Crippen LogP) is -0.325. The van der Waals surface area contributed by atoms with E-state index in [1.807, 2.05) is 30.3 Å². The second-order valence-corrected chi connectivity index (χ2v) is 6.94. The fourth-order valence-corrected chi connectivity index (χ4v) is 3.43. The molecular weight excluding hydrogens is 372 g/mol. The highest BCUT2D eigenvalue weighted by molar-refractivity contribution is 5.91. The summed E-state index contributed by atoms with van der Waals surface area (Å²) in [6, 6.07) is 7.13. The zero-order valence-electron chi connectivity index (χ0n) is 17.4. The molecule has 1 fully saturated rings. The lowest BCUT2D eigenvalue weighted by atomic mass is 10.0. The number of nitrogens with zero attached hydrogens (tertiary/aromatic N) is 2. The first-order chi connectivity index (χ1) is 14.5. The molecule has 9 heteroatoms. The molecule has 0 saturated carbocycles. The summed E-state index contributed by atoms with van der Waals surface area (Å²) in [5, 5.41) is 5.61. The number of nitrogens with two attached hydrogens (primary N) is 2. The van der Waals surface area contributed by atoms with Gasteiger partial charge in [-0.3, -0.25) is 14.6 Å². The number of hydrogen-bond donors (Lipinski definition) is 4. The van der Waals surface area contributed by atoms with Crippen LogP contribution in [-0.2, 0) is 14.4 Å². The molecule has 1 aromatic rings.